The maximum absolute atomic E-state index is 10.5. The highest BCUT2D eigenvalue weighted by molar-refractivity contribution is 5.65. The maximum Gasteiger partial charge on any atom is 0.302 e. The molecule has 0 saturated heterocycles. The Morgan fingerprint density at radius 1 is 1.06 bits per heavy atom. The van der Waals surface area contributed by atoms with E-state index >= 15 is 0 Å². The summed E-state index contributed by atoms with van der Waals surface area (Å²) in [5.74, 6) is -0.286. The summed E-state index contributed by atoms with van der Waals surface area (Å²) in [6.07, 6.45) is 2.33. The molecule has 96 valence electrons. The van der Waals surface area contributed by atoms with Crippen LogP contribution in [0.5, 0.6) is 0 Å². The number of aliphatic hydroxyl groups is 3. The van der Waals surface area contributed by atoms with Crippen LogP contribution in [0.3, 0.4) is 0 Å². The van der Waals surface area contributed by atoms with E-state index in [-0.39, 0.29) is 30.6 Å². The number of carbonyl (C=O) groups excluding carboxylic acids is 1. The van der Waals surface area contributed by atoms with Crippen molar-refractivity contribution >= 4 is 5.97 Å². The van der Waals surface area contributed by atoms with E-state index in [0.717, 1.165) is 19.3 Å². The molecule has 0 aromatic rings. The largest absolute Gasteiger partial charge is 0.466 e. The molecule has 0 unspecified atom stereocenters. The molecule has 0 rings (SSSR count). The van der Waals surface area contributed by atoms with Crippen LogP contribution in [0.25, 0.3) is 0 Å². The van der Waals surface area contributed by atoms with Crippen LogP contribution in [0.4, 0.5) is 0 Å². The lowest BCUT2D eigenvalue weighted by Gasteiger charge is -2.31. The van der Waals surface area contributed by atoms with Crippen LogP contribution in [0.1, 0.15) is 26.2 Å². The first-order chi connectivity index (χ1) is 7.60. The van der Waals surface area contributed by atoms with Crippen LogP contribution in [-0.2, 0) is 9.53 Å². The minimum atomic E-state index is -0.286. The second kappa shape index (κ2) is 8.46. The van der Waals surface area contributed by atoms with E-state index < -0.39 is 0 Å². The molecule has 0 aromatic carbocycles. The van der Waals surface area contributed by atoms with Gasteiger partial charge in [0.1, 0.15) is 0 Å². The first kappa shape index (κ1) is 15.3. The van der Waals surface area contributed by atoms with Crippen LogP contribution < -0.4 is 0 Å². The fraction of sp³-hybridized carbons (Fsp3) is 0.900. The Morgan fingerprint density at radius 2 is 1.62 bits per heavy atom. The van der Waals surface area contributed by atoms with E-state index in [1.807, 2.05) is 0 Å². The number of ether oxygens (including phenoxy) is 1. The highest BCUT2D eigenvalue weighted by Gasteiger charge is 2.23. The van der Waals surface area contributed by atoms with E-state index in [2.05, 4.69) is 0 Å². The van der Waals surface area contributed by atoms with Crippen LogP contribution >= 0.6 is 0 Å². The second-order valence-electron chi connectivity index (χ2n) is 3.89. The summed E-state index contributed by atoms with van der Waals surface area (Å²) in [7, 11) is 0. The van der Waals surface area contributed by atoms with E-state index in [4.69, 9.17) is 20.1 Å². The van der Waals surface area contributed by atoms with Gasteiger partial charge >= 0.3 is 5.97 Å². The molecule has 0 spiro atoms. The number of hydrogen-bond acceptors (Lipinski definition) is 5. The zero-order valence-corrected chi connectivity index (χ0v) is 9.76. The molecular weight excluding hydrogens is 214 g/mol. The van der Waals surface area contributed by atoms with Crippen molar-refractivity contribution in [3.8, 4) is 0 Å². The Balaban J connectivity index is 3.59. The molecule has 3 N–H and O–H groups in total. The molecular formula is C10H22NO5+. The zero-order chi connectivity index (χ0) is 12.4. The van der Waals surface area contributed by atoms with Crippen molar-refractivity contribution in [1.82, 2.24) is 0 Å². The molecule has 6 heteroatoms. The molecule has 0 bridgehead atoms. The Labute approximate surface area is 95.7 Å². The fourth-order valence-corrected chi connectivity index (χ4v) is 1.29. The summed E-state index contributed by atoms with van der Waals surface area (Å²) in [5.41, 5.74) is 0. The van der Waals surface area contributed by atoms with Gasteiger partial charge in [0.2, 0.25) is 0 Å². The summed E-state index contributed by atoms with van der Waals surface area (Å²) in [4.78, 5) is 10.5. The monoisotopic (exact) mass is 236 g/mol. The molecule has 0 aliphatic heterocycles. The van der Waals surface area contributed by atoms with E-state index in [1.165, 1.54) is 6.92 Å². The average Bonchev–Trinajstić information content (AvgIpc) is 2.29. The van der Waals surface area contributed by atoms with Gasteiger partial charge in [0.25, 0.3) is 0 Å². The van der Waals surface area contributed by atoms with Gasteiger partial charge in [-0.15, -0.1) is 0 Å². The van der Waals surface area contributed by atoms with Gasteiger partial charge in [-0.1, -0.05) is 0 Å². The standard InChI is InChI=1S/C10H22NO5/c1-10(15)16-6-4-2-3-5-11(7-12,8-13)9-14/h12-14H,2-9H2,1H3/q+1. The van der Waals surface area contributed by atoms with Gasteiger partial charge in [0, 0.05) is 6.92 Å². The molecule has 0 radical (unpaired) electrons. The quantitative estimate of drug-likeness (QED) is 0.215. The number of quaternary nitrogens is 1. The van der Waals surface area contributed by atoms with Crippen molar-refractivity contribution in [2.75, 3.05) is 33.3 Å². The third kappa shape index (κ3) is 6.02. The Hall–Kier alpha value is -0.690. The zero-order valence-electron chi connectivity index (χ0n) is 9.76. The van der Waals surface area contributed by atoms with Crippen LogP contribution in [0, 0.1) is 0 Å². The SMILES string of the molecule is CC(=O)OCCCCC[N+](CO)(CO)CO. The summed E-state index contributed by atoms with van der Waals surface area (Å²) in [6, 6.07) is 0. The first-order valence-electron chi connectivity index (χ1n) is 5.41. The van der Waals surface area contributed by atoms with Crippen molar-refractivity contribution < 1.29 is 29.3 Å². The van der Waals surface area contributed by atoms with Gasteiger partial charge in [-0.05, 0) is 19.3 Å². The van der Waals surface area contributed by atoms with Crippen molar-refractivity contribution in [1.29, 1.82) is 0 Å². The number of unbranched alkanes of at least 4 members (excludes halogenated alkanes) is 2. The molecule has 16 heavy (non-hydrogen) atoms. The molecule has 0 fully saturated rings. The van der Waals surface area contributed by atoms with Gasteiger partial charge in [0.15, 0.2) is 20.2 Å². The minimum absolute atomic E-state index is 0.117. The van der Waals surface area contributed by atoms with E-state index in [9.17, 15) is 4.79 Å². The van der Waals surface area contributed by atoms with Crippen molar-refractivity contribution in [2.45, 2.75) is 26.2 Å². The number of rotatable bonds is 9. The predicted octanol–water partition coefficient (Wildman–Crippen LogP) is -0.614. The van der Waals surface area contributed by atoms with Crippen molar-refractivity contribution in [2.24, 2.45) is 0 Å². The summed E-state index contributed by atoms with van der Waals surface area (Å²) in [6.45, 7) is 1.42. The Kier molecular flexibility index (Phi) is 8.10. The number of aliphatic hydroxyl groups excluding tert-OH is 3. The van der Waals surface area contributed by atoms with Gasteiger partial charge in [0.05, 0.1) is 13.2 Å². The van der Waals surface area contributed by atoms with Crippen LogP contribution in [0.2, 0.25) is 0 Å². The number of nitrogens with zero attached hydrogens (tertiary/aromatic N) is 1. The molecule has 0 amide bonds. The lowest BCUT2D eigenvalue weighted by molar-refractivity contribution is -0.976. The van der Waals surface area contributed by atoms with Crippen LogP contribution in [0.15, 0.2) is 0 Å². The van der Waals surface area contributed by atoms with Gasteiger partial charge < -0.3 is 20.1 Å². The third-order valence-electron chi connectivity index (χ3n) is 2.48. The lowest BCUT2D eigenvalue weighted by atomic mass is 10.2. The van der Waals surface area contributed by atoms with E-state index in [0.29, 0.717) is 13.2 Å². The third-order valence-corrected chi connectivity index (χ3v) is 2.48. The lowest BCUT2D eigenvalue weighted by Crippen LogP contribution is -2.50. The molecule has 6 nitrogen and oxygen atoms in total. The van der Waals surface area contributed by atoms with Crippen molar-refractivity contribution in [3.63, 3.8) is 0 Å². The molecule has 0 aromatic heterocycles. The van der Waals surface area contributed by atoms with E-state index in [1.54, 1.807) is 0 Å². The fourth-order valence-electron chi connectivity index (χ4n) is 1.29. The average molecular weight is 236 g/mol. The molecule has 0 aliphatic carbocycles. The number of esters is 1. The van der Waals surface area contributed by atoms with Gasteiger partial charge in [-0.2, -0.15) is 0 Å². The van der Waals surface area contributed by atoms with Gasteiger partial charge in [-0.3, -0.25) is 9.28 Å². The first-order valence-corrected chi connectivity index (χ1v) is 5.41. The molecule has 0 heterocycles. The van der Waals surface area contributed by atoms with Gasteiger partial charge in [-0.25, -0.2) is 0 Å². The molecule has 0 saturated carbocycles. The summed E-state index contributed by atoms with van der Waals surface area (Å²) in [5, 5.41) is 27.1. The predicted molar refractivity (Wildman–Crippen MR) is 56.9 cm³/mol. The second-order valence-corrected chi connectivity index (χ2v) is 3.89. The number of carbonyl (C=O) groups is 1. The Morgan fingerprint density at radius 3 is 2.06 bits per heavy atom. The molecule has 0 atom stereocenters. The highest BCUT2D eigenvalue weighted by Crippen LogP contribution is 2.07. The maximum atomic E-state index is 10.5. The normalized spacial score (nSPS) is 11.5. The topological polar surface area (TPSA) is 87.0 Å². The van der Waals surface area contributed by atoms with Crippen molar-refractivity contribution in [3.05, 3.63) is 0 Å². The summed E-state index contributed by atoms with van der Waals surface area (Å²) < 4.78 is 4.64. The smallest absolute Gasteiger partial charge is 0.302 e. The summed E-state index contributed by atoms with van der Waals surface area (Å²) >= 11 is 0. The van der Waals surface area contributed by atoms with Crippen LogP contribution in [-0.4, -0.2) is 59.1 Å². The Bertz CT molecular complexity index is 185. The molecule has 0 aliphatic rings. The number of hydrogen-bond donors (Lipinski definition) is 3. The highest BCUT2D eigenvalue weighted by atomic mass is 16.5. The minimum Gasteiger partial charge on any atom is -0.466 e.